The van der Waals surface area contributed by atoms with Crippen LogP contribution in [0.4, 0.5) is 5.69 Å². The third-order valence-electron chi connectivity index (χ3n) is 5.09. The first-order chi connectivity index (χ1) is 13.8. The zero-order valence-electron chi connectivity index (χ0n) is 16.6. The summed E-state index contributed by atoms with van der Waals surface area (Å²) in [4.78, 5) is 15.1. The summed E-state index contributed by atoms with van der Waals surface area (Å²) in [7, 11) is -1.86. The van der Waals surface area contributed by atoms with Crippen molar-refractivity contribution in [2.24, 2.45) is 0 Å². The van der Waals surface area contributed by atoms with Crippen molar-refractivity contribution >= 4 is 33.2 Å². The molecular formula is C21H26ClN3O3S. The molecule has 0 radical (unpaired) electrons. The molecule has 1 N–H and O–H groups in total. The van der Waals surface area contributed by atoms with Gasteiger partial charge in [0, 0.05) is 11.1 Å². The zero-order valence-corrected chi connectivity index (χ0v) is 18.2. The Labute approximate surface area is 177 Å². The average molecular weight is 436 g/mol. The molecule has 1 aliphatic heterocycles. The molecule has 1 amide bonds. The van der Waals surface area contributed by atoms with Crippen molar-refractivity contribution in [2.45, 2.75) is 30.7 Å². The third-order valence-corrected chi connectivity index (χ3v) is 7.13. The SMILES string of the molecule is Cc1ccc(S(=O)(=O)N(CC(=O)NC2CCN(C)CC2)c2ccc(Cl)cc2)cc1. The minimum Gasteiger partial charge on any atom is -0.352 e. The minimum atomic E-state index is -3.91. The normalized spacial score (nSPS) is 15.8. The lowest BCUT2D eigenvalue weighted by Gasteiger charge is -2.30. The average Bonchev–Trinajstić information content (AvgIpc) is 2.69. The van der Waals surface area contributed by atoms with E-state index in [1.807, 2.05) is 6.92 Å². The van der Waals surface area contributed by atoms with E-state index < -0.39 is 10.0 Å². The molecule has 1 saturated heterocycles. The molecule has 0 bridgehead atoms. The van der Waals surface area contributed by atoms with Crippen molar-refractivity contribution in [1.29, 1.82) is 0 Å². The number of anilines is 1. The van der Waals surface area contributed by atoms with Crippen LogP contribution in [0.25, 0.3) is 0 Å². The second-order valence-electron chi connectivity index (χ2n) is 7.45. The highest BCUT2D eigenvalue weighted by molar-refractivity contribution is 7.92. The molecule has 0 aromatic heterocycles. The number of carbonyl (C=O) groups excluding carboxylic acids is 1. The molecule has 29 heavy (non-hydrogen) atoms. The maximum Gasteiger partial charge on any atom is 0.264 e. The molecule has 0 spiro atoms. The Morgan fingerprint density at radius 1 is 1.10 bits per heavy atom. The van der Waals surface area contributed by atoms with E-state index in [-0.39, 0.29) is 23.4 Å². The molecule has 0 saturated carbocycles. The summed E-state index contributed by atoms with van der Waals surface area (Å²) in [5.74, 6) is -0.315. The molecular weight excluding hydrogens is 410 g/mol. The Morgan fingerprint density at radius 3 is 2.28 bits per heavy atom. The van der Waals surface area contributed by atoms with Crippen molar-refractivity contribution in [3.63, 3.8) is 0 Å². The number of likely N-dealkylation sites (tertiary alicyclic amines) is 1. The Morgan fingerprint density at radius 2 is 1.69 bits per heavy atom. The maximum absolute atomic E-state index is 13.3. The summed E-state index contributed by atoms with van der Waals surface area (Å²) in [6, 6.07) is 13.1. The number of halogens is 1. The summed E-state index contributed by atoms with van der Waals surface area (Å²) in [5, 5.41) is 3.48. The molecule has 0 aliphatic carbocycles. The van der Waals surface area contributed by atoms with Crippen LogP contribution < -0.4 is 9.62 Å². The first kappa shape index (κ1) is 21.6. The Bertz CT molecular complexity index is 938. The van der Waals surface area contributed by atoms with E-state index in [1.165, 1.54) is 0 Å². The van der Waals surface area contributed by atoms with Crippen molar-refractivity contribution in [3.05, 3.63) is 59.1 Å². The molecule has 2 aromatic rings. The summed E-state index contributed by atoms with van der Waals surface area (Å²) in [5.41, 5.74) is 1.36. The summed E-state index contributed by atoms with van der Waals surface area (Å²) in [6.07, 6.45) is 1.71. The number of hydrogen-bond acceptors (Lipinski definition) is 4. The smallest absolute Gasteiger partial charge is 0.264 e. The van der Waals surface area contributed by atoms with E-state index in [4.69, 9.17) is 11.6 Å². The predicted molar refractivity (Wildman–Crippen MR) is 116 cm³/mol. The second-order valence-corrected chi connectivity index (χ2v) is 9.74. The number of rotatable bonds is 6. The molecule has 6 nitrogen and oxygen atoms in total. The number of hydrogen-bond donors (Lipinski definition) is 1. The lowest BCUT2D eigenvalue weighted by molar-refractivity contribution is -0.120. The standard InChI is InChI=1S/C21H26ClN3O3S/c1-16-3-9-20(10-4-16)29(27,28)25(19-7-5-17(22)6-8-19)15-21(26)23-18-11-13-24(2)14-12-18/h3-10,18H,11-15H2,1-2H3,(H,23,26). The summed E-state index contributed by atoms with van der Waals surface area (Å²) in [6.45, 7) is 3.42. The highest BCUT2D eigenvalue weighted by atomic mass is 35.5. The number of piperidine rings is 1. The van der Waals surface area contributed by atoms with Gasteiger partial charge in [0.05, 0.1) is 10.6 Å². The monoisotopic (exact) mass is 435 g/mol. The molecule has 1 fully saturated rings. The fourth-order valence-corrected chi connectivity index (χ4v) is 4.86. The van der Waals surface area contributed by atoms with Gasteiger partial charge in [-0.2, -0.15) is 0 Å². The molecule has 2 aromatic carbocycles. The molecule has 0 unspecified atom stereocenters. The van der Waals surface area contributed by atoms with Gasteiger partial charge in [0.25, 0.3) is 10.0 Å². The Hall–Kier alpha value is -2.09. The number of benzene rings is 2. The maximum atomic E-state index is 13.3. The van der Waals surface area contributed by atoms with Crippen LogP contribution in [0.3, 0.4) is 0 Å². The highest BCUT2D eigenvalue weighted by Gasteiger charge is 2.28. The fourth-order valence-electron chi connectivity index (χ4n) is 3.32. The lowest BCUT2D eigenvalue weighted by atomic mass is 10.1. The van der Waals surface area contributed by atoms with Crippen LogP contribution in [-0.4, -0.2) is 51.9 Å². The molecule has 8 heteroatoms. The third kappa shape index (κ3) is 5.50. The Balaban J connectivity index is 1.84. The second kappa shape index (κ2) is 9.15. The molecule has 1 aliphatic rings. The highest BCUT2D eigenvalue weighted by Crippen LogP contribution is 2.25. The van der Waals surface area contributed by atoms with Crippen molar-refractivity contribution in [2.75, 3.05) is 31.0 Å². The topological polar surface area (TPSA) is 69.7 Å². The van der Waals surface area contributed by atoms with E-state index >= 15 is 0 Å². The summed E-state index contributed by atoms with van der Waals surface area (Å²) < 4.78 is 27.7. The predicted octanol–water partition coefficient (Wildman–Crippen LogP) is 3.05. The number of carbonyl (C=O) groups is 1. The van der Waals surface area contributed by atoms with E-state index in [1.54, 1.807) is 48.5 Å². The van der Waals surface area contributed by atoms with Crippen molar-refractivity contribution in [3.8, 4) is 0 Å². The van der Waals surface area contributed by atoms with Crippen LogP contribution in [0.2, 0.25) is 5.02 Å². The van der Waals surface area contributed by atoms with Crippen LogP contribution >= 0.6 is 11.6 Å². The minimum absolute atomic E-state index is 0.0628. The molecule has 156 valence electrons. The van der Waals surface area contributed by atoms with E-state index in [2.05, 4.69) is 17.3 Å². The van der Waals surface area contributed by atoms with Crippen LogP contribution in [0.1, 0.15) is 18.4 Å². The van der Waals surface area contributed by atoms with E-state index in [0.717, 1.165) is 35.8 Å². The van der Waals surface area contributed by atoms with Gasteiger partial charge in [0.2, 0.25) is 5.91 Å². The van der Waals surface area contributed by atoms with E-state index in [0.29, 0.717) is 10.7 Å². The Kier molecular flexibility index (Phi) is 6.82. The van der Waals surface area contributed by atoms with Gasteiger partial charge in [-0.15, -0.1) is 0 Å². The first-order valence-corrected chi connectivity index (χ1v) is 11.4. The number of amides is 1. The number of nitrogens with zero attached hydrogens (tertiary/aromatic N) is 2. The quantitative estimate of drug-likeness (QED) is 0.757. The zero-order chi connectivity index (χ0) is 21.0. The van der Waals surface area contributed by atoms with Gasteiger partial charge in [-0.05, 0) is 76.3 Å². The van der Waals surface area contributed by atoms with Crippen LogP contribution in [0.15, 0.2) is 53.4 Å². The van der Waals surface area contributed by atoms with Gasteiger partial charge < -0.3 is 10.2 Å². The lowest BCUT2D eigenvalue weighted by Crippen LogP contribution is -2.47. The van der Waals surface area contributed by atoms with Crippen molar-refractivity contribution < 1.29 is 13.2 Å². The van der Waals surface area contributed by atoms with Gasteiger partial charge in [-0.25, -0.2) is 8.42 Å². The fraction of sp³-hybridized carbons (Fsp3) is 0.381. The van der Waals surface area contributed by atoms with Crippen LogP contribution in [-0.2, 0) is 14.8 Å². The van der Waals surface area contributed by atoms with Gasteiger partial charge in [0.15, 0.2) is 0 Å². The number of sulfonamides is 1. The molecule has 3 rings (SSSR count). The van der Waals surface area contributed by atoms with Crippen molar-refractivity contribution in [1.82, 2.24) is 10.2 Å². The number of nitrogens with one attached hydrogen (secondary N) is 1. The van der Waals surface area contributed by atoms with E-state index in [9.17, 15) is 13.2 Å². The number of aryl methyl sites for hydroxylation is 1. The van der Waals surface area contributed by atoms with Gasteiger partial charge in [-0.3, -0.25) is 9.10 Å². The molecule has 0 atom stereocenters. The van der Waals surface area contributed by atoms with Crippen LogP contribution in [0.5, 0.6) is 0 Å². The molecule has 1 heterocycles. The van der Waals surface area contributed by atoms with Gasteiger partial charge in [0.1, 0.15) is 6.54 Å². The first-order valence-electron chi connectivity index (χ1n) is 9.58. The van der Waals surface area contributed by atoms with Crippen LogP contribution in [0, 0.1) is 6.92 Å². The largest absolute Gasteiger partial charge is 0.352 e. The van der Waals surface area contributed by atoms with Gasteiger partial charge in [-0.1, -0.05) is 29.3 Å². The summed E-state index contributed by atoms with van der Waals surface area (Å²) >= 11 is 5.96. The van der Waals surface area contributed by atoms with Gasteiger partial charge >= 0.3 is 0 Å².